The summed E-state index contributed by atoms with van der Waals surface area (Å²) < 4.78 is 9.69. The van der Waals surface area contributed by atoms with Crippen LogP contribution in [0.3, 0.4) is 0 Å². The van der Waals surface area contributed by atoms with Crippen molar-refractivity contribution in [2.75, 3.05) is 58.4 Å². The van der Waals surface area contributed by atoms with Gasteiger partial charge in [0.15, 0.2) is 0 Å². The van der Waals surface area contributed by atoms with E-state index in [1.165, 1.54) is 36.6 Å². The molecular weight excluding hydrogens is 919 g/mol. The molecular formula is C58H73N9O6. The highest BCUT2D eigenvalue weighted by atomic mass is 16.5. The highest BCUT2D eigenvalue weighted by Crippen LogP contribution is 2.36. The molecule has 3 N–H and O–H groups in total. The number of aromatic nitrogens is 2. The lowest BCUT2D eigenvalue weighted by molar-refractivity contribution is -0.135. The van der Waals surface area contributed by atoms with Crippen LogP contribution in [0, 0.1) is 11.8 Å². The van der Waals surface area contributed by atoms with Crippen molar-refractivity contribution in [2.45, 2.75) is 117 Å². The zero-order chi connectivity index (χ0) is 51.5. The topological polar surface area (TPSA) is 165 Å². The van der Waals surface area contributed by atoms with Gasteiger partial charge in [0.1, 0.15) is 17.9 Å². The minimum atomic E-state index is -0.702. The maximum Gasteiger partial charge on any atom is 0.407 e. The largest absolute Gasteiger partial charge is 0.453 e. The van der Waals surface area contributed by atoms with Crippen LogP contribution in [0.2, 0.25) is 0 Å². The Labute approximate surface area is 430 Å². The number of H-pyrrole nitrogens is 1. The highest BCUT2D eigenvalue weighted by molar-refractivity contribution is 6.01. The summed E-state index contributed by atoms with van der Waals surface area (Å²) in [7, 11) is 2.62. The van der Waals surface area contributed by atoms with Crippen LogP contribution in [0.1, 0.15) is 107 Å². The Morgan fingerprint density at radius 2 is 1.22 bits per heavy atom. The van der Waals surface area contributed by atoms with E-state index in [0.717, 1.165) is 102 Å². The van der Waals surface area contributed by atoms with E-state index in [9.17, 15) is 19.2 Å². The molecule has 3 saturated heterocycles. The van der Waals surface area contributed by atoms with Crippen LogP contribution in [0.15, 0.2) is 83.9 Å². The molecule has 5 aromatic rings. The Kier molecular flexibility index (Phi) is 15.5. The van der Waals surface area contributed by atoms with Gasteiger partial charge in [-0.25, -0.2) is 14.6 Å². The Bertz CT molecular complexity index is 2850. The number of carbonyl (C=O) groups is 4. The second-order valence-corrected chi connectivity index (χ2v) is 21.4. The summed E-state index contributed by atoms with van der Waals surface area (Å²) in [5.74, 6) is 0.307. The second-order valence-electron chi connectivity index (χ2n) is 21.4. The third kappa shape index (κ3) is 11.4. The number of carbonyl (C=O) groups excluding carboxylic acids is 4. The normalized spacial score (nSPS) is 18.9. The van der Waals surface area contributed by atoms with Gasteiger partial charge in [-0.1, -0.05) is 76.2 Å². The summed E-state index contributed by atoms with van der Waals surface area (Å²) in [6, 6.07) is 27.8. The van der Waals surface area contributed by atoms with E-state index in [4.69, 9.17) is 19.5 Å². The molecule has 1 aromatic heterocycles. The number of methoxy groups -OCH3 is 2. The van der Waals surface area contributed by atoms with Gasteiger partial charge in [0.2, 0.25) is 11.8 Å². The molecule has 0 saturated carbocycles. The third-order valence-corrected chi connectivity index (χ3v) is 15.4. The molecule has 4 aliphatic rings. The van der Waals surface area contributed by atoms with Gasteiger partial charge in [0.25, 0.3) is 0 Å². The molecule has 4 amide bonds. The van der Waals surface area contributed by atoms with E-state index in [1.54, 1.807) is 0 Å². The van der Waals surface area contributed by atoms with E-state index in [0.29, 0.717) is 38.4 Å². The number of amides is 4. The van der Waals surface area contributed by atoms with Gasteiger partial charge in [-0.2, -0.15) is 0 Å². The van der Waals surface area contributed by atoms with Gasteiger partial charge in [-0.3, -0.25) is 19.5 Å². The lowest BCUT2D eigenvalue weighted by atomic mass is 9.93. The number of likely N-dealkylation sites (tertiary alicyclic amines) is 2. The van der Waals surface area contributed by atoms with Crippen molar-refractivity contribution in [3.8, 4) is 11.1 Å². The van der Waals surface area contributed by atoms with Gasteiger partial charge in [-0.15, -0.1) is 0 Å². The standard InChI is InChI=1S/C58H73N9O6/c1-35(2)52(62-57(70)72-7)55(68)66-21-9-11-50(66)49-34-43-15-13-38(32-47(43)59-49)27-40-29-41(31-44(30-40)42-16-18-45(19-17-42)65-25-23-64(24-26-65)37(5)6)28-39-14-20-46-48(33-39)61-54(60-46)51-12-10-22-67(51)56(69)53(36(3)4)63-58(71)73-8/h13-20,29-33,35-37,50-53H,9-12,21-28,34H2,1-8H3,(H,60,61)(H,62,70)(H,63,71)/t50-,51-,52-,53-/m0/s1. The molecule has 15 heteroatoms. The van der Waals surface area contributed by atoms with Crippen LogP contribution in [-0.2, 0) is 38.3 Å². The summed E-state index contributed by atoms with van der Waals surface area (Å²) in [4.78, 5) is 74.7. The monoisotopic (exact) mass is 992 g/mol. The molecule has 386 valence electrons. The average molecular weight is 992 g/mol. The number of hydrogen-bond donors (Lipinski definition) is 3. The molecule has 73 heavy (non-hydrogen) atoms. The Morgan fingerprint density at radius 1 is 0.644 bits per heavy atom. The number of imidazole rings is 1. The molecule has 0 radical (unpaired) electrons. The fraction of sp³-hybridized carbons (Fsp3) is 0.483. The molecule has 4 aromatic carbocycles. The summed E-state index contributed by atoms with van der Waals surface area (Å²) in [6.45, 7) is 17.6. The number of rotatable bonds is 15. The minimum absolute atomic E-state index is 0.0948. The van der Waals surface area contributed by atoms with Crippen LogP contribution in [0.25, 0.3) is 22.2 Å². The lowest BCUT2D eigenvalue weighted by Crippen LogP contribution is -2.53. The Hall–Kier alpha value is -6.74. The molecule has 0 aliphatic carbocycles. The number of anilines is 1. The maximum atomic E-state index is 13.9. The second kappa shape index (κ2) is 22.2. The predicted octanol–water partition coefficient (Wildman–Crippen LogP) is 8.99. The fourth-order valence-corrected chi connectivity index (χ4v) is 11.3. The lowest BCUT2D eigenvalue weighted by Gasteiger charge is -2.38. The first-order chi connectivity index (χ1) is 35.2. The SMILES string of the molecule is COC(=O)N[C@H](C(=O)N1CCC[C@H]1C1=Nc2cc(Cc3cc(Cc4ccc5nc([C@@H]6CCCN6C(=O)[C@@H](NC(=O)OC)C(C)C)[nH]c5c4)cc(-c4ccc(N5CCN(C(C)C)CC5)cc4)c3)ccc2C1)C(C)C. The van der Waals surface area contributed by atoms with Crippen molar-refractivity contribution in [2.24, 2.45) is 16.8 Å². The van der Waals surface area contributed by atoms with Crippen molar-refractivity contribution >= 4 is 52.1 Å². The van der Waals surface area contributed by atoms with Crippen LogP contribution in [0.5, 0.6) is 0 Å². The van der Waals surface area contributed by atoms with Crippen molar-refractivity contribution in [3.63, 3.8) is 0 Å². The van der Waals surface area contributed by atoms with Gasteiger partial charge in [-0.05, 0) is 133 Å². The van der Waals surface area contributed by atoms with Gasteiger partial charge >= 0.3 is 12.2 Å². The van der Waals surface area contributed by atoms with Crippen molar-refractivity contribution in [1.82, 2.24) is 35.3 Å². The molecule has 15 nitrogen and oxygen atoms in total. The van der Waals surface area contributed by atoms with E-state index >= 15 is 0 Å². The van der Waals surface area contributed by atoms with E-state index < -0.39 is 24.3 Å². The van der Waals surface area contributed by atoms with Gasteiger partial charge in [0.05, 0.1) is 43.0 Å². The number of benzene rings is 4. The van der Waals surface area contributed by atoms with Crippen LogP contribution in [0.4, 0.5) is 21.0 Å². The number of aromatic amines is 1. The number of nitrogens with one attached hydrogen (secondary N) is 3. The number of nitrogens with zero attached hydrogens (tertiary/aromatic N) is 6. The van der Waals surface area contributed by atoms with E-state index in [1.807, 2.05) is 37.5 Å². The predicted molar refractivity (Wildman–Crippen MR) is 287 cm³/mol. The summed E-state index contributed by atoms with van der Waals surface area (Å²) >= 11 is 0. The highest BCUT2D eigenvalue weighted by Gasteiger charge is 2.40. The zero-order valence-electron chi connectivity index (χ0n) is 43.9. The number of alkyl carbamates (subject to hydrolysis) is 2. The fourth-order valence-electron chi connectivity index (χ4n) is 11.3. The quantitative estimate of drug-likeness (QED) is 0.0929. The maximum absolute atomic E-state index is 13.9. The number of hydrogen-bond acceptors (Lipinski definition) is 10. The van der Waals surface area contributed by atoms with Crippen molar-refractivity contribution in [1.29, 1.82) is 0 Å². The van der Waals surface area contributed by atoms with Gasteiger partial charge in [0, 0.05) is 63.1 Å². The van der Waals surface area contributed by atoms with Crippen LogP contribution < -0.4 is 15.5 Å². The number of piperazine rings is 1. The molecule has 0 spiro atoms. The summed E-state index contributed by atoms with van der Waals surface area (Å²) in [5, 5.41) is 5.51. The van der Waals surface area contributed by atoms with Crippen molar-refractivity contribution in [3.05, 3.63) is 113 Å². The molecule has 4 atom stereocenters. The number of ether oxygens (including phenoxy) is 2. The molecule has 3 fully saturated rings. The molecule has 4 aliphatic heterocycles. The summed E-state index contributed by atoms with van der Waals surface area (Å²) in [5.41, 5.74) is 13.1. The Morgan fingerprint density at radius 3 is 1.81 bits per heavy atom. The van der Waals surface area contributed by atoms with Crippen LogP contribution in [-0.4, -0.2) is 132 Å². The first-order valence-corrected chi connectivity index (χ1v) is 26.4. The minimum Gasteiger partial charge on any atom is -0.453 e. The first kappa shape index (κ1) is 51.2. The first-order valence-electron chi connectivity index (χ1n) is 26.4. The Balaban J connectivity index is 0.970. The zero-order valence-corrected chi connectivity index (χ0v) is 43.9. The van der Waals surface area contributed by atoms with Crippen LogP contribution >= 0.6 is 0 Å². The average Bonchev–Trinajstić information content (AvgIpc) is 4.23. The smallest absolute Gasteiger partial charge is 0.407 e. The summed E-state index contributed by atoms with van der Waals surface area (Å²) in [6.07, 6.45) is 4.22. The third-order valence-electron chi connectivity index (χ3n) is 15.4. The van der Waals surface area contributed by atoms with Gasteiger partial charge < -0.3 is 39.8 Å². The number of fused-ring (bicyclic) bond motifs is 2. The number of aliphatic imine (C=N–C) groups is 1. The molecule has 0 bridgehead atoms. The molecule has 0 unspecified atom stereocenters. The van der Waals surface area contributed by atoms with Crippen molar-refractivity contribution < 1.29 is 28.7 Å². The van der Waals surface area contributed by atoms with E-state index in [-0.39, 0.29) is 35.7 Å². The van der Waals surface area contributed by atoms with E-state index in [2.05, 4.69) is 118 Å². The molecule has 5 heterocycles. The molecule has 9 rings (SSSR count).